The Hall–Kier alpha value is -1.34. The first-order valence-corrected chi connectivity index (χ1v) is 8.46. The van der Waals surface area contributed by atoms with Gasteiger partial charge in [-0.1, -0.05) is 69.2 Å². The summed E-state index contributed by atoms with van der Waals surface area (Å²) in [6.07, 6.45) is 5.53. The van der Waals surface area contributed by atoms with E-state index in [0.717, 1.165) is 18.4 Å². The van der Waals surface area contributed by atoms with Gasteiger partial charge in [-0.3, -0.25) is 0 Å². The van der Waals surface area contributed by atoms with Crippen molar-refractivity contribution < 1.29 is 0 Å². The van der Waals surface area contributed by atoms with Gasteiger partial charge in [-0.15, -0.1) is 0 Å². The molecule has 0 heterocycles. The van der Waals surface area contributed by atoms with Crippen LogP contribution in [0.1, 0.15) is 45.1 Å². The van der Waals surface area contributed by atoms with Crippen LogP contribution in [-0.4, -0.2) is 6.04 Å². The average molecular weight is 281 g/mol. The summed E-state index contributed by atoms with van der Waals surface area (Å²) >= 11 is 0. The monoisotopic (exact) mass is 281 g/mol. The van der Waals surface area contributed by atoms with E-state index in [1.54, 1.807) is 0 Å². The maximum Gasteiger partial charge on any atom is 0.0214 e. The summed E-state index contributed by atoms with van der Waals surface area (Å²) in [5.41, 5.74) is 1.43. The smallest absolute Gasteiger partial charge is 0.0214 e. The van der Waals surface area contributed by atoms with Crippen molar-refractivity contribution >= 4 is 10.8 Å². The normalized spacial score (nSPS) is 22.8. The molecule has 2 aromatic carbocycles. The molecule has 112 valence electrons. The third-order valence-electron chi connectivity index (χ3n) is 5.11. The van der Waals surface area contributed by atoms with E-state index in [1.807, 2.05) is 0 Å². The number of fused-ring (bicyclic) bond motifs is 1. The Bertz CT molecular complexity index is 582. The summed E-state index contributed by atoms with van der Waals surface area (Å²) in [7, 11) is 0. The molecular weight excluding hydrogens is 254 g/mol. The van der Waals surface area contributed by atoms with Crippen LogP contribution in [0.15, 0.2) is 42.5 Å². The first kappa shape index (κ1) is 14.6. The van der Waals surface area contributed by atoms with Crippen LogP contribution >= 0.6 is 0 Å². The van der Waals surface area contributed by atoms with Crippen molar-refractivity contribution in [1.29, 1.82) is 0 Å². The lowest BCUT2D eigenvalue weighted by atomic mass is 9.78. The van der Waals surface area contributed by atoms with Gasteiger partial charge in [-0.05, 0) is 41.0 Å². The Kier molecular flexibility index (Phi) is 4.60. The molecule has 21 heavy (non-hydrogen) atoms. The van der Waals surface area contributed by atoms with Gasteiger partial charge in [-0.25, -0.2) is 0 Å². The second-order valence-corrected chi connectivity index (χ2v) is 6.82. The Balaban J connectivity index is 1.73. The predicted octanol–water partition coefficient (Wildman–Crippen LogP) is 5.14. The zero-order valence-electron chi connectivity index (χ0n) is 13.3. The highest BCUT2D eigenvalue weighted by atomic mass is 14.9. The van der Waals surface area contributed by atoms with Crippen LogP contribution in [0.4, 0.5) is 0 Å². The quantitative estimate of drug-likeness (QED) is 0.817. The minimum atomic E-state index is 0.692. The number of nitrogens with one attached hydrogen (secondary N) is 1. The van der Waals surface area contributed by atoms with Gasteiger partial charge in [0.2, 0.25) is 0 Å². The highest BCUT2D eigenvalue weighted by Gasteiger charge is 2.26. The van der Waals surface area contributed by atoms with Crippen LogP contribution in [0, 0.1) is 11.8 Å². The summed E-state index contributed by atoms with van der Waals surface area (Å²) in [4.78, 5) is 0. The van der Waals surface area contributed by atoms with Gasteiger partial charge >= 0.3 is 0 Å². The van der Waals surface area contributed by atoms with Crippen molar-refractivity contribution in [2.24, 2.45) is 11.8 Å². The van der Waals surface area contributed by atoms with Crippen molar-refractivity contribution in [3.8, 4) is 0 Å². The maximum atomic E-state index is 3.86. The molecule has 2 aromatic rings. The average Bonchev–Trinajstić information content (AvgIpc) is 2.53. The fraction of sp³-hybridized carbons (Fsp3) is 0.500. The molecule has 2 atom stereocenters. The molecule has 0 aromatic heterocycles. The first-order chi connectivity index (χ1) is 10.3. The molecule has 0 spiro atoms. The van der Waals surface area contributed by atoms with Crippen molar-refractivity contribution in [3.63, 3.8) is 0 Å². The zero-order valence-corrected chi connectivity index (χ0v) is 13.3. The van der Waals surface area contributed by atoms with E-state index >= 15 is 0 Å². The van der Waals surface area contributed by atoms with Gasteiger partial charge in [0, 0.05) is 12.6 Å². The second kappa shape index (κ2) is 6.62. The van der Waals surface area contributed by atoms with E-state index in [-0.39, 0.29) is 0 Å². The molecular formula is C20H27N. The summed E-state index contributed by atoms with van der Waals surface area (Å²) in [5, 5.41) is 6.60. The van der Waals surface area contributed by atoms with E-state index < -0.39 is 0 Å². The molecule has 0 saturated heterocycles. The Morgan fingerprint density at radius 2 is 1.76 bits per heavy atom. The lowest BCUT2D eigenvalue weighted by Crippen LogP contribution is -2.40. The van der Waals surface area contributed by atoms with E-state index in [0.29, 0.717) is 6.04 Å². The largest absolute Gasteiger partial charge is 0.310 e. The van der Waals surface area contributed by atoms with Gasteiger partial charge in [0.05, 0.1) is 0 Å². The van der Waals surface area contributed by atoms with Crippen LogP contribution in [0.2, 0.25) is 0 Å². The van der Waals surface area contributed by atoms with E-state index in [1.165, 1.54) is 42.0 Å². The lowest BCUT2D eigenvalue weighted by molar-refractivity contribution is 0.205. The SMILES string of the molecule is CC(C)C1CCCCC1NCc1cccc2ccccc12. The third kappa shape index (κ3) is 3.29. The summed E-state index contributed by atoms with van der Waals surface area (Å²) in [6, 6.07) is 16.1. The number of benzene rings is 2. The maximum absolute atomic E-state index is 3.86. The molecule has 1 N–H and O–H groups in total. The molecule has 0 bridgehead atoms. The van der Waals surface area contributed by atoms with Gasteiger partial charge in [-0.2, -0.15) is 0 Å². The summed E-state index contributed by atoms with van der Waals surface area (Å²) in [6.45, 7) is 5.75. The molecule has 0 amide bonds. The second-order valence-electron chi connectivity index (χ2n) is 6.82. The molecule has 1 heteroatoms. The lowest BCUT2D eigenvalue weighted by Gasteiger charge is -2.35. The molecule has 3 rings (SSSR count). The van der Waals surface area contributed by atoms with E-state index in [9.17, 15) is 0 Å². The predicted molar refractivity (Wildman–Crippen MR) is 91.4 cm³/mol. The van der Waals surface area contributed by atoms with Crippen LogP contribution < -0.4 is 5.32 Å². The van der Waals surface area contributed by atoms with E-state index in [2.05, 4.69) is 61.6 Å². The Morgan fingerprint density at radius 3 is 2.62 bits per heavy atom. The van der Waals surface area contributed by atoms with Crippen LogP contribution in [0.3, 0.4) is 0 Å². The number of hydrogen-bond acceptors (Lipinski definition) is 1. The molecule has 1 saturated carbocycles. The molecule has 1 nitrogen and oxygen atoms in total. The molecule has 1 aliphatic rings. The summed E-state index contributed by atoms with van der Waals surface area (Å²) < 4.78 is 0. The van der Waals surface area contributed by atoms with Gasteiger partial charge in [0.25, 0.3) is 0 Å². The van der Waals surface area contributed by atoms with Gasteiger partial charge in [0.15, 0.2) is 0 Å². The van der Waals surface area contributed by atoms with Crippen LogP contribution in [-0.2, 0) is 6.54 Å². The summed E-state index contributed by atoms with van der Waals surface area (Å²) in [5.74, 6) is 1.63. The third-order valence-corrected chi connectivity index (χ3v) is 5.11. The number of hydrogen-bond donors (Lipinski definition) is 1. The van der Waals surface area contributed by atoms with Crippen molar-refractivity contribution in [3.05, 3.63) is 48.0 Å². The van der Waals surface area contributed by atoms with Gasteiger partial charge < -0.3 is 5.32 Å². The van der Waals surface area contributed by atoms with Crippen LogP contribution in [0.25, 0.3) is 10.8 Å². The van der Waals surface area contributed by atoms with Crippen molar-refractivity contribution in [2.75, 3.05) is 0 Å². The Morgan fingerprint density at radius 1 is 1.00 bits per heavy atom. The van der Waals surface area contributed by atoms with Crippen molar-refractivity contribution in [1.82, 2.24) is 5.32 Å². The minimum Gasteiger partial charge on any atom is -0.310 e. The molecule has 1 fully saturated rings. The zero-order chi connectivity index (χ0) is 14.7. The first-order valence-electron chi connectivity index (χ1n) is 8.46. The molecule has 0 radical (unpaired) electrons. The molecule has 0 aliphatic heterocycles. The fourth-order valence-corrected chi connectivity index (χ4v) is 3.90. The molecule has 1 aliphatic carbocycles. The minimum absolute atomic E-state index is 0.692. The molecule has 2 unspecified atom stereocenters. The highest BCUT2D eigenvalue weighted by Crippen LogP contribution is 2.30. The van der Waals surface area contributed by atoms with Gasteiger partial charge in [0.1, 0.15) is 0 Å². The topological polar surface area (TPSA) is 12.0 Å². The van der Waals surface area contributed by atoms with Crippen molar-refractivity contribution in [2.45, 2.75) is 52.1 Å². The van der Waals surface area contributed by atoms with Crippen LogP contribution in [0.5, 0.6) is 0 Å². The Labute approximate surface area is 128 Å². The number of rotatable bonds is 4. The highest BCUT2D eigenvalue weighted by molar-refractivity contribution is 5.85. The fourth-order valence-electron chi connectivity index (χ4n) is 3.90. The standard InChI is InChI=1S/C20H27N/c1-15(2)18-11-5-6-13-20(18)21-14-17-10-7-9-16-8-3-4-12-19(16)17/h3-4,7-10,12,15,18,20-21H,5-6,11,13-14H2,1-2H3. The van der Waals surface area contributed by atoms with E-state index in [4.69, 9.17) is 0 Å².